The van der Waals surface area contributed by atoms with Gasteiger partial charge in [0.05, 0.1) is 24.6 Å². The van der Waals surface area contributed by atoms with Crippen molar-refractivity contribution < 1.29 is 9.84 Å². The first kappa shape index (κ1) is 10.3. The number of halogens is 1. The average Bonchev–Trinajstić information content (AvgIpc) is 2.11. The summed E-state index contributed by atoms with van der Waals surface area (Å²) in [4.78, 5) is 1.08. The van der Waals surface area contributed by atoms with Crippen LogP contribution >= 0.6 is 23.4 Å². The summed E-state index contributed by atoms with van der Waals surface area (Å²) in [6.45, 7) is 1.37. The summed E-state index contributed by atoms with van der Waals surface area (Å²) in [6, 6.07) is 7.65. The van der Waals surface area contributed by atoms with Crippen molar-refractivity contribution in [3.8, 4) is 0 Å². The van der Waals surface area contributed by atoms with E-state index in [9.17, 15) is 5.11 Å². The van der Waals surface area contributed by atoms with Crippen molar-refractivity contribution in [3.05, 3.63) is 29.3 Å². The molecule has 0 spiro atoms. The normalized spacial score (nSPS) is 19.0. The fourth-order valence-corrected chi connectivity index (χ4v) is 2.73. The Morgan fingerprint density at radius 1 is 1.50 bits per heavy atom. The Labute approximate surface area is 92.2 Å². The average molecular weight is 231 g/mol. The largest absolute Gasteiger partial charge is 0.395 e. The molecule has 1 aromatic rings. The van der Waals surface area contributed by atoms with E-state index in [1.807, 2.05) is 24.3 Å². The Balaban J connectivity index is 2.09. The Morgan fingerprint density at radius 2 is 2.29 bits per heavy atom. The summed E-state index contributed by atoms with van der Waals surface area (Å²) in [5.74, 6) is 0. The van der Waals surface area contributed by atoms with Crippen LogP contribution < -0.4 is 0 Å². The Kier molecular flexibility index (Phi) is 3.02. The predicted octanol–water partition coefficient (Wildman–Crippen LogP) is 2.19. The lowest BCUT2D eigenvalue weighted by molar-refractivity contribution is -0.0318. The zero-order chi connectivity index (χ0) is 10.0. The molecule has 1 fully saturated rings. The maximum absolute atomic E-state index is 9.23. The molecule has 0 aliphatic carbocycles. The van der Waals surface area contributed by atoms with Crippen LogP contribution in [0.5, 0.6) is 0 Å². The van der Waals surface area contributed by atoms with Crippen molar-refractivity contribution in [2.24, 2.45) is 0 Å². The van der Waals surface area contributed by atoms with Crippen LogP contribution in [0.15, 0.2) is 29.2 Å². The lowest BCUT2D eigenvalue weighted by atomic mass is 10.1. The quantitative estimate of drug-likeness (QED) is 0.863. The molecule has 0 radical (unpaired) electrons. The molecule has 76 valence electrons. The fourth-order valence-electron chi connectivity index (χ4n) is 1.29. The summed E-state index contributed by atoms with van der Waals surface area (Å²) in [7, 11) is 0. The maximum Gasteiger partial charge on any atom is 0.0902 e. The molecule has 1 N–H and O–H groups in total. The van der Waals surface area contributed by atoms with Crippen LogP contribution in [0, 0.1) is 0 Å². The van der Waals surface area contributed by atoms with E-state index in [0.717, 1.165) is 9.92 Å². The zero-order valence-corrected chi connectivity index (χ0v) is 9.14. The SMILES string of the molecule is OCC1(Sc2cccc(Cl)c2)COC1. The van der Waals surface area contributed by atoms with Gasteiger partial charge in [-0.2, -0.15) is 0 Å². The third-order valence-corrected chi connectivity index (χ3v) is 3.67. The lowest BCUT2D eigenvalue weighted by Crippen LogP contribution is -2.49. The number of thioether (sulfide) groups is 1. The molecular weight excluding hydrogens is 220 g/mol. The van der Waals surface area contributed by atoms with E-state index >= 15 is 0 Å². The van der Waals surface area contributed by atoms with Gasteiger partial charge in [-0.05, 0) is 18.2 Å². The van der Waals surface area contributed by atoms with E-state index in [1.54, 1.807) is 11.8 Å². The number of hydrogen-bond acceptors (Lipinski definition) is 3. The van der Waals surface area contributed by atoms with Crippen LogP contribution in [0.25, 0.3) is 0 Å². The smallest absolute Gasteiger partial charge is 0.0902 e. The molecule has 2 rings (SSSR count). The molecule has 0 unspecified atom stereocenters. The molecule has 0 bridgehead atoms. The van der Waals surface area contributed by atoms with E-state index in [1.165, 1.54) is 0 Å². The minimum Gasteiger partial charge on any atom is -0.395 e. The number of benzene rings is 1. The Hall–Kier alpha value is -0.220. The number of aliphatic hydroxyl groups is 1. The molecule has 0 atom stereocenters. The second-order valence-corrected chi connectivity index (χ2v) is 5.37. The van der Waals surface area contributed by atoms with Crippen LogP contribution in [-0.4, -0.2) is 29.7 Å². The van der Waals surface area contributed by atoms with Crippen molar-refractivity contribution >= 4 is 23.4 Å². The topological polar surface area (TPSA) is 29.5 Å². The molecule has 14 heavy (non-hydrogen) atoms. The van der Waals surface area contributed by atoms with Gasteiger partial charge in [0.2, 0.25) is 0 Å². The van der Waals surface area contributed by atoms with Gasteiger partial charge in [-0.15, -0.1) is 11.8 Å². The molecule has 0 aromatic heterocycles. The zero-order valence-electron chi connectivity index (χ0n) is 7.57. The van der Waals surface area contributed by atoms with Crippen LogP contribution in [0.4, 0.5) is 0 Å². The van der Waals surface area contributed by atoms with Crippen LogP contribution in [0.2, 0.25) is 5.02 Å². The molecule has 4 heteroatoms. The summed E-state index contributed by atoms with van der Waals surface area (Å²) in [5.41, 5.74) is 0. The fraction of sp³-hybridized carbons (Fsp3) is 0.400. The highest BCUT2D eigenvalue weighted by atomic mass is 35.5. The predicted molar refractivity (Wildman–Crippen MR) is 57.9 cm³/mol. The van der Waals surface area contributed by atoms with E-state index in [2.05, 4.69) is 0 Å². The summed E-state index contributed by atoms with van der Waals surface area (Å²) >= 11 is 7.50. The molecule has 0 amide bonds. The second-order valence-electron chi connectivity index (χ2n) is 3.39. The molecule has 1 heterocycles. The minimum atomic E-state index is -0.148. The Bertz CT molecular complexity index is 320. The van der Waals surface area contributed by atoms with Crippen LogP contribution in [0.1, 0.15) is 0 Å². The molecule has 1 aliphatic heterocycles. The molecule has 0 saturated carbocycles. The van der Waals surface area contributed by atoms with Crippen LogP contribution in [0.3, 0.4) is 0 Å². The van der Waals surface area contributed by atoms with E-state index in [4.69, 9.17) is 16.3 Å². The van der Waals surface area contributed by atoms with Crippen LogP contribution in [-0.2, 0) is 4.74 Å². The monoisotopic (exact) mass is 230 g/mol. The van der Waals surface area contributed by atoms with Crippen molar-refractivity contribution in [1.29, 1.82) is 0 Å². The first-order valence-corrected chi connectivity index (χ1v) is 5.57. The number of hydrogen-bond donors (Lipinski definition) is 1. The summed E-state index contributed by atoms with van der Waals surface area (Å²) in [5, 5.41) is 9.96. The van der Waals surface area contributed by atoms with Crippen molar-refractivity contribution in [2.75, 3.05) is 19.8 Å². The van der Waals surface area contributed by atoms with Gasteiger partial charge >= 0.3 is 0 Å². The highest BCUT2D eigenvalue weighted by Crippen LogP contribution is 2.38. The molecule has 1 saturated heterocycles. The highest BCUT2D eigenvalue weighted by Gasteiger charge is 2.39. The molecule has 2 nitrogen and oxygen atoms in total. The van der Waals surface area contributed by atoms with Gasteiger partial charge < -0.3 is 9.84 Å². The van der Waals surface area contributed by atoms with E-state index in [0.29, 0.717) is 13.2 Å². The second kappa shape index (κ2) is 4.11. The first-order valence-electron chi connectivity index (χ1n) is 4.37. The van der Waals surface area contributed by atoms with Crippen molar-refractivity contribution in [2.45, 2.75) is 9.64 Å². The third-order valence-electron chi connectivity index (χ3n) is 2.15. The minimum absolute atomic E-state index is 0.143. The summed E-state index contributed by atoms with van der Waals surface area (Å²) in [6.07, 6.45) is 0. The standard InChI is InChI=1S/C10H11ClO2S/c11-8-2-1-3-9(4-8)14-10(5-12)6-13-7-10/h1-4,12H,5-7H2. The van der Waals surface area contributed by atoms with Crippen molar-refractivity contribution in [3.63, 3.8) is 0 Å². The number of aliphatic hydroxyl groups excluding tert-OH is 1. The van der Waals surface area contributed by atoms with Gasteiger partial charge in [0, 0.05) is 9.92 Å². The van der Waals surface area contributed by atoms with Gasteiger partial charge in [0.25, 0.3) is 0 Å². The highest BCUT2D eigenvalue weighted by molar-refractivity contribution is 8.00. The molecule has 1 aliphatic rings. The van der Waals surface area contributed by atoms with E-state index in [-0.39, 0.29) is 11.4 Å². The maximum atomic E-state index is 9.23. The van der Waals surface area contributed by atoms with Gasteiger partial charge in [-0.3, -0.25) is 0 Å². The van der Waals surface area contributed by atoms with Gasteiger partial charge in [-0.25, -0.2) is 0 Å². The summed E-state index contributed by atoms with van der Waals surface area (Å²) < 4.78 is 4.97. The first-order chi connectivity index (χ1) is 6.74. The number of ether oxygens (including phenoxy) is 1. The Morgan fingerprint density at radius 3 is 2.79 bits per heavy atom. The molecular formula is C10H11ClO2S. The van der Waals surface area contributed by atoms with Gasteiger partial charge in [0.1, 0.15) is 0 Å². The van der Waals surface area contributed by atoms with Crippen molar-refractivity contribution in [1.82, 2.24) is 0 Å². The molecule has 1 aromatic carbocycles. The van der Waals surface area contributed by atoms with Gasteiger partial charge in [0.15, 0.2) is 0 Å². The van der Waals surface area contributed by atoms with E-state index < -0.39 is 0 Å². The number of rotatable bonds is 3. The lowest BCUT2D eigenvalue weighted by Gasteiger charge is -2.39. The van der Waals surface area contributed by atoms with Gasteiger partial charge in [-0.1, -0.05) is 17.7 Å². The third kappa shape index (κ3) is 2.06.